The first-order valence-electron chi connectivity index (χ1n) is 5.51. The Kier molecular flexibility index (Phi) is 5.35. The highest BCUT2D eigenvalue weighted by Gasteiger charge is 1.95. The molecule has 0 heterocycles. The van der Waals surface area contributed by atoms with Crippen molar-refractivity contribution in [2.24, 2.45) is 0 Å². The summed E-state index contributed by atoms with van der Waals surface area (Å²) < 4.78 is 31.5. The monoisotopic (exact) mass is 298 g/mol. The van der Waals surface area contributed by atoms with Gasteiger partial charge in [-0.15, -0.1) is 0 Å². The molecule has 100 valence electrons. The van der Waals surface area contributed by atoms with Gasteiger partial charge in [0, 0.05) is 11.4 Å². The van der Waals surface area contributed by atoms with Crippen molar-refractivity contribution in [3.63, 3.8) is 0 Å². The Morgan fingerprint density at radius 3 is 1.42 bits per heavy atom. The first-order valence-corrected chi connectivity index (χ1v) is 7.48. The molecule has 0 atom stereocenters. The Balaban J connectivity index is 1.64. The molecule has 0 aliphatic heterocycles. The first kappa shape index (κ1) is 14.0. The third-order valence-electron chi connectivity index (χ3n) is 2.19. The third-order valence-corrected chi connectivity index (χ3v) is 3.89. The second-order valence-corrected chi connectivity index (χ2v) is 5.55. The molecule has 2 aromatic rings. The van der Waals surface area contributed by atoms with Crippen LogP contribution in [0, 0.1) is 11.6 Å². The molecule has 0 saturated heterocycles. The zero-order valence-electron chi connectivity index (χ0n) is 9.90. The van der Waals surface area contributed by atoms with Crippen LogP contribution in [0.15, 0.2) is 48.5 Å². The summed E-state index contributed by atoms with van der Waals surface area (Å²) in [6.07, 6.45) is 0. The number of hydrogen-bond donors (Lipinski definition) is 2. The summed E-state index contributed by atoms with van der Waals surface area (Å²) in [6.45, 7) is 0. The van der Waals surface area contributed by atoms with Crippen molar-refractivity contribution in [1.82, 2.24) is 0 Å². The fourth-order valence-electron chi connectivity index (χ4n) is 1.29. The molecule has 2 aromatic carbocycles. The second-order valence-electron chi connectivity index (χ2n) is 3.62. The van der Waals surface area contributed by atoms with Crippen molar-refractivity contribution in [2.45, 2.75) is 0 Å². The maximum Gasteiger partial charge on any atom is 0.123 e. The highest BCUT2D eigenvalue weighted by atomic mass is 32.2. The van der Waals surface area contributed by atoms with Crippen molar-refractivity contribution in [2.75, 3.05) is 14.5 Å². The van der Waals surface area contributed by atoms with E-state index >= 15 is 0 Å². The molecule has 0 aliphatic rings. The van der Waals surface area contributed by atoms with Crippen molar-refractivity contribution in [3.8, 4) is 0 Å². The Labute approximate surface area is 119 Å². The van der Waals surface area contributed by atoms with Gasteiger partial charge >= 0.3 is 0 Å². The van der Waals surface area contributed by atoms with Crippen molar-refractivity contribution in [3.05, 3.63) is 60.2 Å². The lowest BCUT2D eigenvalue weighted by Gasteiger charge is -2.06. The Hall–Kier alpha value is -1.40. The largest absolute Gasteiger partial charge is 0.329 e. The normalized spacial score (nSPS) is 10.2. The van der Waals surface area contributed by atoms with E-state index in [1.807, 2.05) is 0 Å². The number of rotatable bonds is 6. The van der Waals surface area contributed by atoms with Crippen LogP contribution in [0.2, 0.25) is 0 Å². The predicted molar refractivity (Wildman–Crippen MR) is 80.1 cm³/mol. The van der Waals surface area contributed by atoms with Gasteiger partial charge in [0.2, 0.25) is 0 Å². The average molecular weight is 298 g/mol. The minimum absolute atomic E-state index is 0.247. The molecule has 19 heavy (non-hydrogen) atoms. The Morgan fingerprint density at radius 2 is 1.05 bits per heavy atom. The number of benzene rings is 2. The molecule has 0 aliphatic carbocycles. The van der Waals surface area contributed by atoms with E-state index in [1.165, 1.54) is 48.2 Å². The lowest BCUT2D eigenvalue weighted by Crippen LogP contribution is -1.91. The van der Waals surface area contributed by atoms with Gasteiger partial charge in [0.15, 0.2) is 0 Å². The van der Waals surface area contributed by atoms with E-state index in [2.05, 4.69) is 9.44 Å². The molecule has 2 N–H and O–H groups in total. The highest BCUT2D eigenvalue weighted by Crippen LogP contribution is 2.19. The van der Waals surface area contributed by atoms with Crippen LogP contribution in [0.1, 0.15) is 0 Å². The van der Waals surface area contributed by atoms with Crippen LogP contribution >= 0.6 is 23.9 Å². The zero-order valence-corrected chi connectivity index (χ0v) is 11.5. The number of nitrogens with one attached hydrogen (secondary N) is 2. The number of halogens is 2. The number of anilines is 2. The fraction of sp³-hybridized carbons (Fsp3) is 0.0769. The van der Waals surface area contributed by atoms with Crippen LogP contribution in [0.4, 0.5) is 20.2 Å². The van der Waals surface area contributed by atoms with E-state index < -0.39 is 0 Å². The van der Waals surface area contributed by atoms with Crippen LogP contribution in [0.5, 0.6) is 0 Å². The predicted octanol–water partition coefficient (Wildman–Crippen LogP) is 4.74. The summed E-state index contributed by atoms with van der Waals surface area (Å²) in [5.41, 5.74) is 1.71. The molecule has 0 unspecified atom stereocenters. The summed E-state index contributed by atoms with van der Waals surface area (Å²) in [6, 6.07) is 12.4. The van der Waals surface area contributed by atoms with Gasteiger partial charge in [0.1, 0.15) is 11.6 Å². The van der Waals surface area contributed by atoms with Crippen LogP contribution < -0.4 is 9.44 Å². The van der Waals surface area contributed by atoms with Gasteiger partial charge in [0.25, 0.3) is 0 Å². The van der Waals surface area contributed by atoms with E-state index in [0.29, 0.717) is 0 Å². The molecule has 6 heteroatoms. The molecule has 0 saturated carbocycles. The molecule has 0 amide bonds. The smallest absolute Gasteiger partial charge is 0.123 e. The Bertz CT molecular complexity index is 456. The lowest BCUT2D eigenvalue weighted by atomic mass is 10.3. The lowest BCUT2D eigenvalue weighted by molar-refractivity contribution is 0.627. The Morgan fingerprint density at radius 1 is 0.684 bits per heavy atom. The highest BCUT2D eigenvalue weighted by molar-refractivity contribution is 8.17. The van der Waals surface area contributed by atoms with Gasteiger partial charge in [-0.05, 0) is 72.4 Å². The molecule has 0 radical (unpaired) electrons. The van der Waals surface area contributed by atoms with Gasteiger partial charge in [-0.3, -0.25) is 0 Å². The van der Waals surface area contributed by atoms with E-state index in [0.717, 1.165) is 16.5 Å². The molecular formula is C13H12F2N2S2. The quantitative estimate of drug-likeness (QED) is 0.457. The van der Waals surface area contributed by atoms with Crippen LogP contribution in [-0.2, 0) is 0 Å². The molecule has 2 rings (SSSR count). The van der Waals surface area contributed by atoms with E-state index in [1.54, 1.807) is 24.3 Å². The van der Waals surface area contributed by atoms with Gasteiger partial charge in [-0.2, -0.15) is 0 Å². The van der Waals surface area contributed by atoms with E-state index in [-0.39, 0.29) is 11.6 Å². The number of hydrogen-bond acceptors (Lipinski definition) is 4. The van der Waals surface area contributed by atoms with Crippen LogP contribution in [0.3, 0.4) is 0 Å². The summed E-state index contributed by atoms with van der Waals surface area (Å²) >= 11 is 2.98. The molecule has 0 aromatic heterocycles. The third kappa shape index (κ3) is 5.00. The minimum Gasteiger partial charge on any atom is -0.329 e. The SMILES string of the molecule is Fc1ccc(NSCSNc2ccc(F)cc2)cc1. The van der Waals surface area contributed by atoms with Crippen molar-refractivity contribution >= 4 is 35.3 Å². The average Bonchev–Trinajstić information content (AvgIpc) is 2.43. The molecular weight excluding hydrogens is 286 g/mol. The van der Waals surface area contributed by atoms with Gasteiger partial charge in [-0.25, -0.2) is 8.78 Å². The van der Waals surface area contributed by atoms with Gasteiger partial charge in [-0.1, -0.05) is 0 Å². The van der Waals surface area contributed by atoms with Gasteiger partial charge in [0.05, 0.1) is 5.08 Å². The standard InChI is InChI=1S/C13H12F2N2S2/c14-10-1-5-12(6-2-10)16-18-9-19-17-13-7-3-11(15)4-8-13/h1-8,16-17H,9H2. The van der Waals surface area contributed by atoms with Crippen molar-refractivity contribution in [1.29, 1.82) is 0 Å². The fourth-order valence-corrected chi connectivity index (χ4v) is 2.60. The second kappa shape index (κ2) is 7.25. The van der Waals surface area contributed by atoms with Crippen LogP contribution in [0.25, 0.3) is 0 Å². The molecule has 0 bridgehead atoms. The molecule has 0 fully saturated rings. The summed E-state index contributed by atoms with van der Waals surface area (Å²) in [7, 11) is 0. The molecule has 0 spiro atoms. The molecule has 2 nitrogen and oxygen atoms in total. The maximum atomic E-state index is 12.7. The topological polar surface area (TPSA) is 24.1 Å². The zero-order chi connectivity index (χ0) is 13.5. The minimum atomic E-state index is -0.247. The van der Waals surface area contributed by atoms with Crippen molar-refractivity contribution < 1.29 is 8.78 Å². The summed E-state index contributed by atoms with van der Waals surface area (Å²) in [5, 5.41) is 0.745. The first-order chi connectivity index (χ1) is 9.24. The van der Waals surface area contributed by atoms with E-state index in [9.17, 15) is 8.78 Å². The van der Waals surface area contributed by atoms with E-state index in [4.69, 9.17) is 0 Å². The summed E-state index contributed by atoms with van der Waals surface area (Å²) in [4.78, 5) is 0. The van der Waals surface area contributed by atoms with Gasteiger partial charge < -0.3 is 9.44 Å². The van der Waals surface area contributed by atoms with Crippen LogP contribution in [-0.4, -0.2) is 5.08 Å². The maximum absolute atomic E-state index is 12.7. The summed E-state index contributed by atoms with van der Waals surface area (Å²) in [5.74, 6) is -0.495.